The van der Waals surface area contributed by atoms with Crippen LogP contribution in [-0.4, -0.2) is 4.98 Å². The van der Waals surface area contributed by atoms with Crippen LogP contribution in [0, 0.1) is 5.92 Å². The lowest BCUT2D eigenvalue weighted by molar-refractivity contribution is -0.138. The van der Waals surface area contributed by atoms with E-state index in [-0.39, 0.29) is 11.5 Å². The maximum absolute atomic E-state index is 12.7. The van der Waals surface area contributed by atoms with Gasteiger partial charge in [0, 0.05) is 18.4 Å². The fraction of sp³-hybridized carbons (Fsp3) is 0.545. The van der Waals surface area contributed by atoms with Gasteiger partial charge < -0.3 is 5.73 Å². The summed E-state index contributed by atoms with van der Waals surface area (Å²) in [4.78, 5) is 3.72. The van der Waals surface area contributed by atoms with Crippen molar-refractivity contribution in [1.29, 1.82) is 0 Å². The van der Waals surface area contributed by atoms with Crippen LogP contribution >= 0.6 is 0 Å². The predicted molar refractivity (Wildman–Crippen MR) is 55.6 cm³/mol. The molecule has 1 aromatic heterocycles. The molecule has 5 heteroatoms. The SMILES string of the molecule is CCC(C)C(N)c1cnccc1C(F)(F)F. The molecule has 2 atom stereocenters. The maximum atomic E-state index is 12.7. The third kappa shape index (κ3) is 2.72. The molecule has 16 heavy (non-hydrogen) atoms. The van der Waals surface area contributed by atoms with Crippen LogP contribution in [0.3, 0.4) is 0 Å². The third-order valence-electron chi connectivity index (χ3n) is 2.77. The van der Waals surface area contributed by atoms with Crippen LogP contribution in [0.2, 0.25) is 0 Å². The van der Waals surface area contributed by atoms with E-state index in [0.717, 1.165) is 18.7 Å². The summed E-state index contributed by atoms with van der Waals surface area (Å²) in [5.41, 5.74) is 5.20. The number of rotatable bonds is 3. The zero-order valence-corrected chi connectivity index (χ0v) is 9.25. The summed E-state index contributed by atoms with van der Waals surface area (Å²) >= 11 is 0. The molecule has 90 valence electrons. The molecule has 0 saturated carbocycles. The number of hydrogen-bond donors (Lipinski definition) is 1. The smallest absolute Gasteiger partial charge is 0.324 e. The Labute approximate surface area is 92.7 Å². The highest BCUT2D eigenvalue weighted by Gasteiger charge is 2.35. The number of aromatic nitrogens is 1. The fourth-order valence-electron chi connectivity index (χ4n) is 1.49. The third-order valence-corrected chi connectivity index (χ3v) is 2.77. The van der Waals surface area contributed by atoms with Crippen molar-refractivity contribution >= 4 is 0 Å². The molecule has 0 spiro atoms. The van der Waals surface area contributed by atoms with Crippen molar-refractivity contribution in [1.82, 2.24) is 4.98 Å². The molecule has 0 aromatic carbocycles. The lowest BCUT2D eigenvalue weighted by atomic mass is 9.91. The Morgan fingerprint density at radius 3 is 2.56 bits per heavy atom. The van der Waals surface area contributed by atoms with Gasteiger partial charge >= 0.3 is 6.18 Å². The molecule has 0 aliphatic heterocycles. The van der Waals surface area contributed by atoms with Crippen LogP contribution in [0.1, 0.15) is 37.4 Å². The highest BCUT2D eigenvalue weighted by atomic mass is 19.4. The van der Waals surface area contributed by atoms with Gasteiger partial charge in [0.05, 0.1) is 5.56 Å². The van der Waals surface area contributed by atoms with Crippen LogP contribution in [0.4, 0.5) is 13.2 Å². The van der Waals surface area contributed by atoms with E-state index < -0.39 is 17.8 Å². The minimum atomic E-state index is -4.37. The maximum Gasteiger partial charge on any atom is 0.416 e. The zero-order valence-electron chi connectivity index (χ0n) is 9.25. The second kappa shape index (κ2) is 4.82. The van der Waals surface area contributed by atoms with Gasteiger partial charge in [-0.15, -0.1) is 0 Å². The first-order valence-corrected chi connectivity index (χ1v) is 5.14. The summed E-state index contributed by atoms with van der Waals surface area (Å²) < 4.78 is 38.1. The van der Waals surface area contributed by atoms with Crippen LogP contribution in [0.15, 0.2) is 18.5 Å². The molecule has 0 fully saturated rings. The Bertz CT molecular complexity index is 349. The standard InChI is InChI=1S/C11H15F3N2/c1-3-7(2)10(15)8-6-16-5-4-9(8)11(12,13)14/h4-7,10H,3,15H2,1-2H3. The first-order valence-electron chi connectivity index (χ1n) is 5.14. The van der Waals surface area contributed by atoms with Gasteiger partial charge in [0.1, 0.15) is 0 Å². The largest absolute Gasteiger partial charge is 0.416 e. The molecule has 2 unspecified atom stereocenters. The summed E-state index contributed by atoms with van der Waals surface area (Å²) in [6.45, 7) is 3.73. The van der Waals surface area contributed by atoms with E-state index in [1.54, 1.807) is 0 Å². The fourth-order valence-corrected chi connectivity index (χ4v) is 1.49. The van der Waals surface area contributed by atoms with E-state index in [2.05, 4.69) is 4.98 Å². The van der Waals surface area contributed by atoms with Crippen molar-refractivity contribution in [2.75, 3.05) is 0 Å². The molecule has 1 aromatic rings. The van der Waals surface area contributed by atoms with Gasteiger partial charge in [-0.05, 0) is 17.5 Å². The second-order valence-corrected chi connectivity index (χ2v) is 3.87. The molecule has 0 amide bonds. The van der Waals surface area contributed by atoms with Crippen LogP contribution in [-0.2, 0) is 6.18 Å². The number of alkyl halides is 3. The van der Waals surface area contributed by atoms with Gasteiger partial charge in [-0.3, -0.25) is 4.98 Å². The van der Waals surface area contributed by atoms with Crippen LogP contribution in [0.25, 0.3) is 0 Å². The molecule has 0 aliphatic rings. The van der Waals surface area contributed by atoms with Crippen molar-refractivity contribution in [3.05, 3.63) is 29.6 Å². The van der Waals surface area contributed by atoms with Crippen molar-refractivity contribution in [2.45, 2.75) is 32.5 Å². The predicted octanol–water partition coefficient (Wildman–Crippen LogP) is 3.15. The topological polar surface area (TPSA) is 38.9 Å². The Balaban J connectivity index is 3.13. The quantitative estimate of drug-likeness (QED) is 0.869. The normalized spacial score (nSPS) is 15.9. The second-order valence-electron chi connectivity index (χ2n) is 3.87. The van der Waals surface area contributed by atoms with Crippen molar-refractivity contribution in [3.63, 3.8) is 0 Å². The van der Waals surface area contributed by atoms with Gasteiger partial charge in [-0.2, -0.15) is 13.2 Å². The Morgan fingerprint density at radius 2 is 2.06 bits per heavy atom. The molecule has 1 heterocycles. The van der Waals surface area contributed by atoms with Gasteiger partial charge in [0.25, 0.3) is 0 Å². The number of nitrogens with zero attached hydrogens (tertiary/aromatic N) is 1. The highest BCUT2D eigenvalue weighted by Crippen LogP contribution is 2.35. The minimum Gasteiger partial charge on any atom is -0.324 e. The average Bonchev–Trinajstić information content (AvgIpc) is 2.26. The Kier molecular flexibility index (Phi) is 3.91. The van der Waals surface area contributed by atoms with E-state index in [0.29, 0.717) is 0 Å². The van der Waals surface area contributed by atoms with E-state index >= 15 is 0 Å². The van der Waals surface area contributed by atoms with Gasteiger partial charge in [-0.1, -0.05) is 20.3 Å². The van der Waals surface area contributed by atoms with Crippen molar-refractivity contribution in [3.8, 4) is 0 Å². The van der Waals surface area contributed by atoms with Gasteiger partial charge in [-0.25, -0.2) is 0 Å². The molecule has 2 nitrogen and oxygen atoms in total. The molecule has 0 saturated heterocycles. The van der Waals surface area contributed by atoms with Gasteiger partial charge in [0.2, 0.25) is 0 Å². The van der Waals surface area contributed by atoms with E-state index in [1.165, 1.54) is 6.20 Å². The molecule has 2 N–H and O–H groups in total. The average molecular weight is 232 g/mol. The van der Waals surface area contributed by atoms with Gasteiger partial charge in [0.15, 0.2) is 0 Å². The number of nitrogens with two attached hydrogens (primary N) is 1. The van der Waals surface area contributed by atoms with E-state index in [9.17, 15) is 13.2 Å². The minimum absolute atomic E-state index is 0.00898. The number of pyridine rings is 1. The monoisotopic (exact) mass is 232 g/mol. The molecular formula is C11H15F3N2. The Morgan fingerprint density at radius 1 is 1.44 bits per heavy atom. The summed E-state index contributed by atoms with van der Waals surface area (Å²) in [5, 5.41) is 0. The van der Waals surface area contributed by atoms with Crippen LogP contribution < -0.4 is 5.73 Å². The first-order chi connectivity index (χ1) is 7.38. The summed E-state index contributed by atoms with van der Waals surface area (Å²) in [6, 6.07) is 0.340. The lowest BCUT2D eigenvalue weighted by Crippen LogP contribution is -2.23. The van der Waals surface area contributed by atoms with Crippen LogP contribution in [0.5, 0.6) is 0 Å². The van der Waals surface area contributed by atoms with E-state index in [4.69, 9.17) is 5.73 Å². The number of hydrogen-bond acceptors (Lipinski definition) is 2. The molecule has 0 aliphatic carbocycles. The molecule has 1 rings (SSSR count). The first kappa shape index (κ1) is 13.0. The molecular weight excluding hydrogens is 217 g/mol. The zero-order chi connectivity index (χ0) is 12.3. The molecule has 0 radical (unpaired) electrons. The number of halogens is 3. The summed E-state index contributed by atoms with van der Waals surface area (Å²) in [7, 11) is 0. The summed E-state index contributed by atoms with van der Waals surface area (Å²) in [5.74, 6) is -0.00898. The lowest BCUT2D eigenvalue weighted by Gasteiger charge is -2.22. The highest BCUT2D eigenvalue weighted by molar-refractivity contribution is 5.29. The Hall–Kier alpha value is -1.10. The summed E-state index contributed by atoms with van der Waals surface area (Å²) in [6.07, 6.45) is -1.30. The molecule has 0 bridgehead atoms. The van der Waals surface area contributed by atoms with E-state index in [1.807, 2.05) is 13.8 Å². The van der Waals surface area contributed by atoms with Crippen molar-refractivity contribution < 1.29 is 13.2 Å². The van der Waals surface area contributed by atoms with Crippen molar-refractivity contribution in [2.24, 2.45) is 11.7 Å².